The number of nitrogens with one attached hydrogen (secondary N) is 3. The van der Waals surface area contributed by atoms with Crippen molar-refractivity contribution in [2.24, 2.45) is 0 Å². The molecule has 81 heavy (non-hydrogen) atoms. The molecule has 2 aliphatic carbocycles. The number of H-pyrrole nitrogens is 1. The summed E-state index contributed by atoms with van der Waals surface area (Å²) in [5, 5.41) is 29.0. The Balaban J connectivity index is 0.000000161. The second kappa shape index (κ2) is 21.0. The monoisotopic (exact) mass is 1130 g/mol. The molecule has 2 amide bonds. The minimum atomic E-state index is -0.578. The first-order valence-corrected chi connectivity index (χ1v) is 27.0. The lowest BCUT2D eigenvalue weighted by molar-refractivity contribution is 0.0942. The van der Waals surface area contributed by atoms with E-state index < -0.39 is 17.2 Å². The number of carbonyl (C=O) groups is 2. The Hall–Kier alpha value is -8.88. The number of halogens is 4. The van der Waals surface area contributed by atoms with Gasteiger partial charge in [-0.2, -0.15) is 15.4 Å². The molecule has 25 heteroatoms. The largest absolute Gasteiger partial charge is 0.346 e. The number of hydrogen-bond donors (Lipinski definition) is 3. The van der Waals surface area contributed by atoms with Crippen molar-refractivity contribution in [1.82, 2.24) is 88.4 Å². The fourth-order valence-electron chi connectivity index (χ4n) is 10.1. The van der Waals surface area contributed by atoms with Crippen LogP contribution < -0.4 is 10.6 Å². The van der Waals surface area contributed by atoms with E-state index in [9.17, 15) is 18.4 Å². The van der Waals surface area contributed by atoms with Crippen molar-refractivity contribution < 1.29 is 18.4 Å². The van der Waals surface area contributed by atoms with Crippen molar-refractivity contribution in [2.75, 3.05) is 0 Å². The minimum Gasteiger partial charge on any atom is -0.346 e. The van der Waals surface area contributed by atoms with Gasteiger partial charge in [0.1, 0.15) is 22.3 Å². The first-order valence-electron chi connectivity index (χ1n) is 26.3. The predicted molar refractivity (Wildman–Crippen MR) is 295 cm³/mol. The smallest absolute Gasteiger partial charge is 0.254 e. The van der Waals surface area contributed by atoms with Crippen LogP contribution in [0.15, 0.2) is 98.9 Å². The second-order valence-electron chi connectivity index (χ2n) is 22.0. The average molecular weight is 1130 g/mol. The molecule has 11 aromatic rings. The van der Waals surface area contributed by atoms with Gasteiger partial charge in [-0.05, 0) is 72.8 Å². The Morgan fingerprint density at radius 1 is 0.704 bits per heavy atom. The zero-order valence-electron chi connectivity index (χ0n) is 44.4. The fraction of sp³-hybridized carbons (Fsp3) is 0.321. The van der Waals surface area contributed by atoms with Crippen LogP contribution in [0.3, 0.4) is 0 Å². The normalized spacial score (nSPS) is 13.8. The Morgan fingerprint density at radius 3 is 1.63 bits per heavy atom. The Labute approximate surface area is 471 Å². The molecule has 3 N–H and O–H groups in total. The highest BCUT2D eigenvalue weighted by Gasteiger charge is 2.32. The third-order valence-electron chi connectivity index (χ3n) is 14.6. The molecule has 0 radical (unpaired) electrons. The third kappa shape index (κ3) is 11.1. The van der Waals surface area contributed by atoms with Crippen LogP contribution in [0, 0.1) is 18.2 Å². The van der Waals surface area contributed by atoms with E-state index in [0.29, 0.717) is 66.1 Å². The lowest BCUT2D eigenvalue weighted by Crippen LogP contribution is -2.23. The summed E-state index contributed by atoms with van der Waals surface area (Å²) >= 11 is 11.8. The number of hydrogen-bond acceptors (Lipinski definition) is 11. The maximum atomic E-state index is 14.5. The zero-order chi connectivity index (χ0) is 56.3. The van der Waals surface area contributed by atoms with Crippen molar-refractivity contribution in [2.45, 2.75) is 115 Å². The highest BCUT2D eigenvalue weighted by Crippen LogP contribution is 2.42. The molecule has 11 aromatic heterocycles. The maximum Gasteiger partial charge on any atom is 0.254 e. The Bertz CT molecular complexity index is 4250. The van der Waals surface area contributed by atoms with Crippen molar-refractivity contribution in [1.29, 1.82) is 0 Å². The summed E-state index contributed by atoms with van der Waals surface area (Å²) in [7, 11) is 0. The van der Waals surface area contributed by atoms with E-state index in [0.717, 1.165) is 33.8 Å². The van der Waals surface area contributed by atoms with Crippen molar-refractivity contribution in [3.63, 3.8) is 0 Å². The standard InChI is InChI=1S/C28H27ClFN11O.C28H26ClFN8O/c1-28(2,27-35-37-38-36-27)8-17-7-18(16-3-4-16)11-40-13-20(34-25(17)40)14-41-12-19(9-33-41)26(42)31-10-22-24-23(30)21(29)5-6-39(24)15-32-22;1-28(2,31-3)9-18-8-19(17-4-5-17)12-37-14-21(35-26(18)37)15-38-13-20(10-34-38)27(39)32-11-23-25-24(30)22(29)6-7-36(25)16-33-23/h5-7,9,11-13,15-16H,3-4,8,10,14H2,1-2H3,(H,31,42)(H,35,36,37,38);6-8,10,12-14,16-17H,4-5,9,11,15H2,1-2H3,(H,32,39). The molecule has 0 aromatic carbocycles. The first-order chi connectivity index (χ1) is 38.9. The van der Waals surface area contributed by atoms with Crippen LogP contribution in [-0.2, 0) is 44.4 Å². The molecule has 0 spiro atoms. The summed E-state index contributed by atoms with van der Waals surface area (Å²) in [5.74, 6) is -0.0404. The topological polar surface area (TPSA) is 222 Å². The van der Waals surface area contributed by atoms with Crippen LogP contribution >= 0.6 is 23.2 Å². The number of carbonyl (C=O) groups excluding carboxylic acids is 2. The molecule has 412 valence electrons. The molecular formula is C56H53Cl2F2N19O2. The van der Waals surface area contributed by atoms with E-state index in [1.54, 1.807) is 34.2 Å². The Kier molecular flexibility index (Phi) is 13.7. The summed E-state index contributed by atoms with van der Waals surface area (Å²) in [6.45, 7) is 16.5. The molecule has 0 saturated heterocycles. The zero-order valence-corrected chi connectivity index (χ0v) is 46.0. The van der Waals surface area contributed by atoms with E-state index in [1.165, 1.54) is 82.8 Å². The molecule has 2 fully saturated rings. The summed E-state index contributed by atoms with van der Waals surface area (Å²) in [4.78, 5) is 47.7. The number of rotatable bonds is 17. The van der Waals surface area contributed by atoms with Gasteiger partial charge in [0.25, 0.3) is 11.8 Å². The van der Waals surface area contributed by atoms with Gasteiger partial charge in [0.05, 0.1) is 102 Å². The van der Waals surface area contributed by atoms with Crippen molar-refractivity contribution in [3.05, 3.63) is 194 Å². The molecule has 2 saturated carbocycles. The average Bonchev–Trinajstić information content (AvgIpc) is 4.15. The molecular weight excluding hydrogens is 1080 g/mol. The lowest BCUT2D eigenvalue weighted by atomic mass is 9.85. The number of aromatic nitrogens is 16. The van der Waals surface area contributed by atoms with E-state index in [4.69, 9.17) is 39.7 Å². The summed E-state index contributed by atoms with van der Waals surface area (Å²) in [5.41, 5.74) is 9.21. The second-order valence-corrected chi connectivity index (χ2v) is 22.9. The molecule has 0 unspecified atom stereocenters. The fourth-order valence-corrected chi connectivity index (χ4v) is 10.4. The van der Waals surface area contributed by atoms with Crippen LogP contribution in [0.2, 0.25) is 10.0 Å². The van der Waals surface area contributed by atoms with E-state index >= 15 is 0 Å². The molecule has 0 atom stereocenters. The lowest BCUT2D eigenvalue weighted by Gasteiger charge is -2.21. The minimum absolute atomic E-state index is 0.00429. The van der Waals surface area contributed by atoms with Crippen LogP contribution in [0.25, 0.3) is 27.2 Å². The van der Waals surface area contributed by atoms with Gasteiger partial charge in [0, 0.05) is 74.4 Å². The van der Waals surface area contributed by atoms with Crippen molar-refractivity contribution in [3.8, 4) is 0 Å². The van der Waals surface area contributed by atoms with Gasteiger partial charge in [-0.3, -0.25) is 19.0 Å². The highest BCUT2D eigenvalue weighted by atomic mass is 35.5. The Morgan fingerprint density at radius 2 is 1.19 bits per heavy atom. The molecule has 2 aliphatic rings. The van der Waals surface area contributed by atoms with Crippen LogP contribution in [0.1, 0.15) is 137 Å². The number of aromatic amines is 1. The number of pyridine rings is 4. The maximum absolute atomic E-state index is 14.5. The van der Waals surface area contributed by atoms with Gasteiger partial charge in [-0.15, -0.1) is 10.2 Å². The summed E-state index contributed by atoms with van der Waals surface area (Å²) in [6, 6.07) is 7.36. The first kappa shape index (κ1) is 52.8. The van der Waals surface area contributed by atoms with Gasteiger partial charge in [-0.1, -0.05) is 54.4 Å². The van der Waals surface area contributed by atoms with Gasteiger partial charge < -0.3 is 33.1 Å². The molecule has 21 nitrogen and oxygen atoms in total. The molecule has 11 heterocycles. The molecule has 13 rings (SSSR count). The van der Waals surface area contributed by atoms with Gasteiger partial charge in [0.15, 0.2) is 17.5 Å². The molecule has 0 aliphatic heterocycles. The van der Waals surface area contributed by atoms with Crippen LogP contribution in [0.4, 0.5) is 8.78 Å². The van der Waals surface area contributed by atoms with Crippen molar-refractivity contribution >= 4 is 57.3 Å². The van der Waals surface area contributed by atoms with Gasteiger partial charge >= 0.3 is 0 Å². The number of imidazole rings is 4. The third-order valence-corrected chi connectivity index (χ3v) is 15.2. The number of nitrogens with zero attached hydrogens (tertiary/aromatic N) is 16. The van der Waals surface area contributed by atoms with Gasteiger partial charge in [-0.25, -0.2) is 35.3 Å². The summed E-state index contributed by atoms with van der Waals surface area (Å²) < 4.78 is 39.5. The number of tetrazole rings is 1. The highest BCUT2D eigenvalue weighted by molar-refractivity contribution is 6.31. The SMILES string of the molecule is CC(C)(Cc1cc(C2CC2)cn2cc(Cn3cc(C(=O)NCc4ncn5ccc(Cl)c(F)c45)cn3)nc12)c1nn[nH]n1.[C-]#[N+]C(C)(C)Cc1cc(C2CC2)cn2cc(Cn3cc(C(=O)NCc4ncn5ccc(Cl)c(F)c45)cn3)nc12. The van der Waals surface area contributed by atoms with E-state index in [-0.39, 0.29) is 51.4 Å². The van der Waals surface area contributed by atoms with Crippen LogP contribution in [0.5, 0.6) is 0 Å². The number of fused-ring (bicyclic) bond motifs is 4. The predicted octanol–water partition coefficient (Wildman–Crippen LogP) is 8.93. The molecule has 0 bridgehead atoms. The van der Waals surface area contributed by atoms with Gasteiger partial charge in [0.2, 0.25) is 5.54 Å². The quantitative estimate of drug-likeness (QED) is 0.0731. The van der Waals surface area contributed by atoms with Crippen LogP contribution in [-0.4, -0.2) is 95.1 Å². The van der Waals surface area contributed by atoms with E-state index in [2.05, 4.69) is 103 Å². The summed E-state index contributed by atoms with van der Waals surface area (Å²) in [6.07, 6.45) is 26.9. The number of amides is 2. The van der Waals surface area contributed by atoms with E-state index in [1.807, 2.05) is 26.2 Å².